The van der Waals surface area contributed by atoms with Crippen LogP contribution in [0.3, 0.4) is 0 Å². The van der Waals surface area contributed by atoms with Gasteiger partial charge in [-0.3, -0.25) is 9.59 Å². The number of aryl methyl sites for hydroxylation is 2. The number of hydrogen-bond donors (Lipinski definition) is 3. The summed E-state index contributed by atoms with van der Waals surface area (Å²) in [7, 11) is 0. The molecule has 204 valence electrons. The number of alkyl halides is 3. The van der Waals surface area contributed by atoms with E-state index >= 15 is 0 Å². The van der Waals surface area contributed by atoms with Crippen LogP contribution in [0.4, 0.5) is 24.5 Å². The Balaban J connectivity index is 1.35. The number of carbonyl (C=O) groups excluding carboxylic acids is 2. The van der Waals surface area contributed by atoms with Crippen molar-refractivity contribution in [2.45, 2.75) is 33.5 Å². The Morgan fingerprint density at radius 2 is 1.80 bits per heavy atom. The first-order valence-corrected chi connectivity index (χ1v) is 12.3. The molecule has 40 heavy (non-hydrogen) atoms. The first-order valence-electron chi connectivity index (χ1n) is 12.3. The van der Waals surface area contributed by atoms with E-state index in [0.717, 1.165) is 34.3 Å². The topological polar surface area (TPSA) is 105 Å². The largest absolute Gasteiger partial charge is 0.416 e. The Morgan fingerprint density at radius 3 is 2.50 bits per heavy atom. The normalized spacial score (nSPS) is 11.6. The fraction of sp³-hybridized carbons (Fsp3) is 0.172. The van der Waals surface area contributed by atoms with Crippen molar-refractivity contribution < 1.29 is 22.8 Å². The number of aromatic amines is 1. The van der Waals surface area contributed by atoms with Crippen molar-refractivity contribution in [3.8, 4) is 5.69 Å². The van der Waals surface area contributed by atoms with Gasteiger partial charge in [-0.05, 0) is 67.4 Å². The third-order valence-corrected chi connectivity index (χ3v) is 6.46. The van der Waals surface area contributed by atoms with Gasteiger partial charge < -0.3 is 20.2 Å². The summed E-state index contributed by atoms with van der Waals surface area (Å²) in [5, 5.41) is 6.80. The van der Waals surface area contributed by atoms with Gasteiger partial charge in [0, 0.05) is 42.0 Å². The summed E-state index contributed by atoms with van der Waals surface area (Å²) >= 11 is 0. The number of imidazole rings is 1. The van der Waals surface area contributed by atoms with Gasteiger partial charge in [0.1, 0.15) is 5.65 Å². The van der Waals surface area contributed by atoms with Crippen LogP contribution >= 0.6 is 0 Å². The number of halogens is 3. The molecule has 5 aromatic rings. The Kier molecular flexibility index (Phi) is 6.88. The number of ketones is 1. The maximum atomic E-state index is 13.6. The van der Waals surface area contributed by atoms with Crippen molar-refractivity contribution >= 4 is 34.1 Å². The first kappa shape index (κ1) is 26.7. The van der Waals surface area contributed by atoms with Gasteiger partial charge in [-0.15, -0.1) is 0 Å². The summed E-state index contributed by atoms with van der Waals surface area (Å²) in [6, 6.07) is 12.1. The van der Waals surface area contributed by atoms with E-state index in [0.29, 0.717) is 29.3 Å². The molecule has 0 saturated carbocycles. The van der Waals surface area contributed by atoms with Crippen LogP contribution in [0.1, 0.15) is 50.2 Å². The van der Waals surface area contributed by atoms with E-state index in [-0.39, 0.29) is 17.0 Å². The Labute approximate surface area is 227 Å². The van der Waals surface area contributed by atoms with E-state index in [9.17, 15) is 22.8 Å². The number of aromatic nitrogens is 4. The lowest BCUT2D eigenvalue weighted by atomic mass is 10.1. The SMILES string of the molecule is CC(=O)c1cc2cc(NCc3cc(NC(=O)c4cc(-n5cnc(C)c5)cc(C(F)(F)F)c4)ccc3C)cnc2[nH]1. The average Bonchev–Trinajstić information content (AvgIpc) is 3.54. The maximum absolute atomic E-state index is 13.6. The van der Waals surface area contributed by atoms with Crippen LogP contribution in [0.5, 0.6) is 0 Å². The Hall–Kier alpha value is -4.93. The number of fused-ring (bicyclic) bond motifs is 1. The molecule has 0 aliphatic carbocycles. The number of pyridine rings is 1. The number of anilines is 2. The van der Waals surface area contributed by atoms with Crippen LogP contribution in [-0.4, -0.2) is 31.2 Å². The molecule has 0 fully saturated rings. The van der Waals surface area contributed by atoms with E-state index in [2.05, 4.69) is 25.6 Å². The molecule has 8 nitrogen and oxygen atoms in total. The van der Waals surface area contributed by atoms with E-state index in [1.807, 2.05) is 19.1 Å². The molecule has 0 saturated heterocycles. The van der Waals surface area contributed by atoms with Crippen molar-refractivity contribution in [3.05, 3.63) is 101 Å². The number of Topliss-reactive ketones (excluding diaryl/α,β-unsaturated/α-hetero) is 1. The number of amides is 1. The number of hydrogen-bond acceptors (Lipinski definition) is 5. The highest BCUT2D eigenvalue weighted by molar-refractivity contribution is 6.05. The number of rotatable bonds is 7. The lowest BCUT2D eigenvalue weighted by molar-refractivity contribution is -0.137. The molecule has 0 unspecified atom stereocenters. The third kappa shape index (κ3) is 5.73. The zero-order valence-corrected chi connectivity index (χ0v) is 21.8. The highest BCUT2D eigenvalue weighted by Crippen LogP contribution is 2.32. The molecule has 0 aliphatic heterocycles. The van der Waals surface area contributed by atoms with Gasteiger partial charge in [0.25, 0.3) is 5.91 Å². The molecule has 5 rings (SSSR count). The number of nitrogens with zero attached hydrogens (tertiary/aromatic N) is 3. The van der Waals surface area contributed by atoms with E-state index in [1.54, 1.807) is 37.5 Å². The van der Waals surface area contributed by atoms with Crippen molar-refractivity contribution in [2.75, 3.05) is 10.6 Å². The summed E-state index contributed by atoms with van der Waals surface area (Å²) in [5.41, 5.74) is 3.84. The summed E-state index contributed by atoms with van der Waals surface area (Å²) in [6.45, 7) is 5.52. The fourth-order valence-electron chi connectivity index (χ4n) is 4.26. The third-order valence-electron chi connectivity index (χ3n) is 6.46. The van der Waals surface area contributed by atoms with Crippen LogP contribution in [0.15, 0.2) is 67.3 Å². The predicted molar refractivity (Wildman–Crippen MR) is 146 cm³/mol. The van der Waals surface area contributed by atoms with Crippen molar-refractivity contribution in [1.82, 2.24) is 19.5 Å². The highest BCUT2D eigenvalue weighted by Gasteiger charge is 2.32. The van der Waals surface area contributed by atoms with Gasteiger partial charge >= 0.3 is 6.18 Å². The second kappa shape index (κ2) is 10.3. The molecule has 11 heteroatoms. The Morgan fingerprint density at radius 1 is 1.00 bits per heavy atom. The zero-order valence-electron chi connectivity index (χ0n) is 21.8. The molecule has 0 atom stereocenters. The minimum absolute atomic E-state index is 0.0832. The molecule has 0 spiro atoms. The molecule has 2 aromatic carbocycles. The van der Waals surface area contributed by atoms with Gasteiger partial charge in [0.15, 0.2) is 5.78 Å². The molecular weight excluding hydrogens is 521 g/mol. The van der Waals surface area contributed by atoms with Crippen LogP contribution < -0.4 is 10.6 Å². The summed E-state index contributed by atoms with van der Waals surface area (Å²) in [6.07, 6.45) is 0.00521. The molecule has 3 heterocycles. The average molecular weight is 547 g/mol. The van der Waals surface area contributed by atoms with Crippen LogP contribution in [-0.2, 0) is 12.7 Å². The predicted octanol–water partition coefficient (Wildman–Crippen LogP) is 6.45. The van der Waals surface area contributed by atoms with Gasteiger partial charge in [-0.1, -0.05) is 6.07 Å². The summed E-state index contributed by atoms with van der Waals surface area (Å²) in [4.78, 5) is 36.1. The Bertz CT molecular complexity index is 1750. The fourth-order valence-corrected chi connectivity index (χ4v) is 4.26. The van der Waals surface area contributed by atoms with Crippen LogP contribution in [0, 0.1) is 13.8 Å². The standard InChI is InChI=1S/C29H25F3N6O2/c1-16-4-5-23(8-21(16)12-33-24-7-19-10-26(18(3)39)37-27(19)34-13-24)36-28(40)20-6-22(29(30,31)32)11-25(9-20)38-14-17(2)35-15-38/h4-11,13-15,33H,12H2,1-3H3,(H,34,37)(H,36,40). The van der Waals surface area contributed by atoms with Gasteiger partial charge in [0.05, 0.1) is 35.2 Å². The van der Waals surface area contributed by atoms with E-state index < -0.39 is 17.6 Å². The monoisotopic (exact) mass is 546 g/mol. The second-order valence-corrected chi connectivity index (χ2v) is 9.54. The summed E-state index contributed by atoms with van der Waals surface area (Å²) in [5.74, 6) is -0.754. The smallest absolute Gasteiger partial charge is 0.380 e. The van der Waals surface area contributed by atoms with Gasteiger partial charge in [-0.2, -0.15) is 13.2 Å². The van der Waals surface area contributed by atoms with Gasteiger partial charge in [-0.25, -0.2) is 9.97 Å². The number of H-pyrrole nitrogens is 1. The van der Waals surface area contributed by atoms with E-state index in [4.69, 9.17) is 0 Å². The molecular formula is C29H25F3N6O2. The lowest BCUT2D eigenvalue weighted by Crippen LogP contribution is -2.15. The second-order valence-electron chi connectivity index (χ2n) is 9.54. The number of carbonyl (C=O) groups is 2. The van der Waals surface area contributed by atoms with Crippen molar-refractivity contribution in [2.24, 2.45) is 0 Å². The maximum Gasteiger partial charge on any atom is 0.416 e. The van der Waals surface area contributed by atoms with Crippen LogP contribution in [0.25, 0.3) is 16.7 Å². The molecule has 3 N–H and O–H groups in total. The zero-order chi connectivity index (χ0) is 28.6. The highest BCUT2D eigenvalue weighted by atomic mass is 19.4. The van der Waals surface area contributed by atoms with E-state index in [1.165, 1.54) is 23.9 Å². The number of nitrogens with one attached hydrogen (secondary N) is 3. The minimum atomic E-state index is -4.63. The first-order chi connectivity index (χ1) is 19.0. The minimum Gasteiger partial charge on any atom is -0.380 e. The van der Waals surface area contributed by atoms with Gasteiger partial charge in [0.2, 0.25) is 0 Å². The molecule has 0 aliphatic rings. The molecule has 1 amide bonds. The molecule has 0 bridgehead atoms. The van der Waals surface area contributed by atoms with Crippen molar-refractivity contribution in [3.63, 3.8) is 0 Å². The lowest BCUT2D eigenvalue weighted by Gasteiger charge is -2.14. The molecule has 0 radical (unpaired) electrons. The van der Waals surface area contributed by atoms with Crippen molar-refractivity contribution in [1.29, 1.82) is 0 Å². The quantitative estimate of drug-likeness (QED) is 0.204. The number of benzene rings is 2. The summed E-state index contributed by atoms with van der Waals surface area (Å²) < 4.78 is 42.3. The van der Waals surface area contributed by atoms with Crippen LogP contribution in [0.2, 0.25) is 0 Å². The molecule has 3 aromatic heterocycles.